The molecule has 0 bridgehead atoms. The van der Waals surface area contributed by atoms with Crippen molar-refractivity contribution in [3.8, 4) is 11.4 Å². The Morgan fingerprint density at radius 1 is 1.19 bits per heavy atom. The minimum Gasteiger partial charge on any atom is -0.369 e. The Hall–Kier alpha value is -2.25. The third kappa shape index (κ3) is 4.11. The van der Waals surface area contributed by atoms with Crippen LogP contribution in [0.3, 0.4) is 0 Å². The molecule has 2 unspecified atom stereocenters. The maximum absolute atomic E-state index is 12.3. The number of amides is 1. The van der Waals surface area contributed by atoms with Crippen molar-refractivity contribution in [3.05, 3.63) is 36.2 Å². The summed E-state index contributed by atoms with van der Waals surface area (Å²) in [5, 5.41) is 4.10. The van der Waals surface area contributed by atoms with Crippen LogP contribution < -0.4 is 0 Å². The fourth-order valence-corrected chi connectivity index (χ4v) is 3.17. The molecule has 0 aliphatic carbocycles. The molecular formula is C19H26N4O3. The van der Waals surface area contributed by atoms with Gasteiger partial charge in [-0.05, 0) is 20.8 Å². The molecule has 1 aliphatic heterocycles. The lowest BCUT2D eigenvalue weighted by molar-refractivity contribution is -0.144. The second-order valence-electron chi connectivity index (χ2n) is 6.46. The zero-order valence-electron chi connectivity index (χ0n) is 15.6. The number of rotatable bonds is 6. The zero-order valence-corrected chi connectivity index (χ0v) is 15.6. The predicted octanol–water partition coefficient (Wildman–Crippen LogP) is 2.37. The minimum atomic E-state index is -0.381. The Kier molecular flexibility index (Phi) is 6.00. The SMILES string of the molecule is CCOC(C)C(=O)N1CCN(C(C)c2nc(-c3ccccc3)no2)CC1. The van der Waals surface area contributed by atoms with Gasteiger partial charge in [0.2, 0.25) is 11.7 Å². The Morgan fingerprint density at radius 2 is 1.88 bits per heavy atom. The van der Waals surface area contributed by atoms with Gasteiger partial charge in [0.25, 0.3) is 5.91 Å². The van der Waals surface area contributed by atoms with E-state index in [1.165, 1.54) is 0 Å². The van der Waals surface area contributed by atoms with Crippen molar-refractivity contribution in [1.29, 1.82) is 0 Å². The van der Waals surface area contributed by atoms with E-state index in [1.54, 1.807) is 0 Å². The monoisotopic (exact) mass is 358 g/mol. The van der Waals surface area contributed by atoms with Crippen LogP contribution in [0.4, 0.5) is 0 Å². The van der Waals surface area contributed by atoms with E-state index in [9.17, 15) is 4.79 Å². The first-order valence-electron chi connectivity index (χ1n) is 9.13. The van der Waals surface area contributed by atoms with Gasteiger partial charge in [-0.25, -0.2) is 0 Å². The Morgan fingerprint density at radius 3 is 2.54 bits per heavy atom. The highest BCUT2D eigenvalue weighted by molar-refractivity contribution is 5.80. The van der Waals surface area contributed by atoms with E-state index in [0.717, 1.165) is 18.7 Å². The molecule has 0 N–H and O–H groups in total. The van der Waals surface area contributed by atoms with E-state index in [0.29, 0.717) is 31.4 Å². The van der Waals surface area contributed by atoms with Crippen LogP contribution in [0, 0.1) is 0 Å². The lowest BCUT2D eigenvalue weighted by Crippen LogP contribution is -2.51. The van der Waals surface area contributed by atoms with Gasteiger partial charge in [-0.15, -0.1) is 0 Å². The molecule has 1 aromatic heterocycles. The fraction of sp³-hybridized carbons (Fsp3) is 0.526. The fourth-order valence-electron chi connectivity index (χ4n) is 3.17. The number of piperazine rings is 1. The van der Waals surface area contributed by atoms with E-state index >= 15 is 0 Å². The van der Waals surface area contributed by atoms with Crippen LogP contribution in [0.1, 0.15) is 32.7 Å². The summed E-state index contributed by atoms with van der Waals surface area (Å²) in [4.78, 5) is 21.0. The maximum Gasteiger partial charge on any atom is 0.251 e. The average molecular weight is 358 g/mol. The molecule has 1 amide bonds. The van der Waals surface area contributed by atoms with Gasteiger partial charge in [0.15, 0.2) is 0 Å². The molecule has 2 aromatic rings. The van der Waals surface area contributed by atoms with Gasteiger partial charge in [-0.1, -0.05) is 35.5 Å². The van der Waals surface area contributed by atoms with Crippen LogP contribution in [0.5, 0.6) is 0 Å². The third-order valence-corrected chi connectivity index (χ3v) is 4.77. The standard InChI is InChI=1S/C19H26N4O3/c1-4-25-15(3)19(24)23-12-10-22(11-13-23)14(2)18-20-17(21-26-18)16-8-6-5-7-9-16/h5-9,14-15H,4,10-13H2,1-3H3. The number of hydrogen-bond acceptors (Lipinski definition) is 6. The van der Waals surface area contributed by atoms with Gasteiger partial charge in [0, 0.05) is 38.3 Å². The van der Waals surface area contributed by atoms with Gasteiger partial charge in [0.05, 0.1) is 6.04 Å². The largest absolute Gasteiger partial charge is 0.369 e. The smallest absolute Gasteiger partial charge is 0.251 e. The highest BCUT2D eigenvalue weighted by Crippen LogP contribution is 2.23. The first-order valence-corrected chi connectivity index (χ1v) is 9.13. The molecule has 0 radical (unpaired) electrons. The van der Waals surface area contributed by atoms with Crippen molar-refractivity contribution in [1.82, 2.24) is 19.9 Å². The molecule has 0 saturated carbocycles. The molecule has 2 heterocycles. The number of hydrogen-bond donors (Lipinski definition) is 0. The Balaban J connectivity index is 1.58. The first-order chi connectivity index (χ1) is 12.6. The average Bonchev–Trinajstić information content (AvgIpc) is 3.18. The first kappa shape index (κ1) is 18.5. The molecule has 1 aliphatic rings. The van der Waals surface area contributed by atoms with E-state index in [2.05, 4.69) is 22.0 Å². The molecule has 7 nitrogen and oxygen atoms in total. The van der Waals surface area contributed by atoms with Crippen LogP contribution in [-0.2, 0) is 9.53 Å². The number of ether oxygens (including phenoxy) is 1. The lowest BCUT2D eigenvalue weighted by atomic mass is 10.2. The Bertz CT molecular complexity index is 711. The van der Waals surface area contributed by atoms with Gasteiger partial charge in [0.1, 0.15) is 6.10 Å². The molecule has 2 atom stereocenters. The maximum atomic E-state index is 12.3. The van der Waals surface area contributed by atoms with Gasteiger partial charge in [-0.3, -0.25) is 9.69 Å². The van der Waals surface area contributed by atoms with Crippen LogP contribution in [0.15, 0.2) is 34.9 Å². The molecule has 1 aromatic carbocycles. The van der Waals surface area contributed by atoms with Gasteiger partial charge >= 0.3 is 0 Å². The molecule has 26 heavy (non-hydrogen) atoms. The van der Waals surface area contributed by atoms with Crippen molar-refractivity contribution < 1.29 is 14.1 Å². The minimum absolute atomic E-state index is 0.0153. The van der Waals surface area contributed by atoms with Crippen LogP contribution in [-0.4, -0.2) is 64.7 Å². The highest BCUT2D eigenvalue weighted by Gasteiger charge is 2.29. The zero-order chi connectivity index (χ0) is 18.5. The normalized spacial score (nSPS) is 17.9. The molecule has 1 saturated heterocycles. The number of benzene rings is 1. The van der Waals surface area contributed by atoms with Crippen molar-refractivity contribution in [3.63, 3.8) is 0 Å². The second kappa shape index (κ2) is 8.42. The summed E-state index contributed by atoms with van der Waals surface area (Å²) in [6, 6.07) is 9.80. The summed E-state index contributed by atoms with van der Waals surface area (Å²) >= 11 is 0. The van der Waals surface area contributed by atoms with Crippen molar-refractivity contribution in [2.75, 3.05) is 32.8 Å². The number of aromatic nitrogens is 2. The lowest BCUT2D eigenvalue weighted by Gasteiger charge is -2.37. The molecule has 0 spiro atoms. The van der Waals surface area contributed by atoms with Crippen LogP contribution in [0.2, 0.25) is 0 Å². The van der Waals surface area contributed by atoms with Gasteiger partial charge in [-0.2, -0.15) is 4.98 Å². The second-order valence-corrected chi connectivity index (χ2v) is 6.46. The topological polar surface area (TPSA) is 71.7 Å². The van der Waals surface area contributed by atoms with E-state index < -0.39 is 0 Å². The third-order valence-electron chi connectivity index (χ3n) is 4.77. The summed E-state index contributed by atoms with van der Waals surface area (Å²) in [5.74, 6) is 1.27. The summed E-state index contributed by atoms with van der Waals surface area (Å²) in [5.41, 5.74) is 0.940. The van der Waals surface area contributed by atoms with Crippen molar-refractivity contribution >= 4 is 5.91 Å². The summed E-state index contributed by atoms with van der Waals surface area (Å²) < 4.78 is 10.9. The molecule has 1 fully saturated rings. The Labute approximate surface area is 153 Å². The predicted molar refractivity (Wildman–Crippen MR) is 97.4 cm³/mol. The highest BCUT2D eigenvalue weighted by atomic mass is 16.5. The quantitative estimate of drug-likeness (QED) is 0.789. The van der Waals surface area contributed by atoms with E-state index in [1.807, 2.05) is 49.1 Å². The van der Waals surface area contributed by atoms with Crippen LogP contribution in [0.25, 0.3) is 11.4 Å². The number of carbonyl (C=O) groups excluding carboxylic acids is 1. The molecule has 140 valence electrons. The van der Waals surface area contributed by atoms with E-state index in [-0.39, 0.29) is 18.1 Å². The number of nitrogens with zero attached hydrogens (tertiary/aromatic N) is 4. The number of carbonyl (C=O) groups is 1. The molecule has 7 heteroatoms. The summed E-state index contributed by atoms with van der Waals surface area (Å²) in [7, 11) is 0. The molecule has 3 rings (SSSR count). The molecular weight excluding hydrogens is 332 g/mol. The van der Waals surface area contributed by atoms with Crippen molar-refractivity contribution in [2.45, 2.75) is 32.9 Å². The van der Waals surface area contributed by atoms with E-state index in [4.69, 9.17) is 9.26 Å². The van der Waals surface area contributed by atoms with Crippen LogP contribution >= 0.6 is 0 Å². The summed E-state index contributed by atoms with van der Waals surface area (Å²) in [6.07, 6.45) is -0.381. The van der Waals surface area contributed by atoms with Crippen molar-refractivity contribution in [2.24, 2.45) is 0 Å². The summed E-state index contributed by atoms with van der Waals surface area (Å²) in [6.45, 7) is 9.22. The van der Waals surface area contributed by atoms with Gasteiger partial charge < -0.3 is 14.2 Å².